The monoisotopic (exact) mass is 308 g/mol. The lowest BCUT2D eigenvalue weighted by molar-refractivity contribution is 0.199. The molecule has 0 aliphatic carbocycles. The summed E-state index contributed by atoms with van der Waals surface area (Å²) in [7, 11) is 1.74. The summed E-state index contributed by atoms with van der Waals surface area (Å²) in [4.78, 5) is 2.54. The van der Waals surface area contributed by atoms with Gasteiger partial charge in [-0.2, -0.15) is 11.8 Å². The summed E-state index contributed by atoms with van der Waals surface area (Å²) >= 11 is 2.12. The van der Waals surface area contributed by atoms with Crippen molar-refractivity contribution < 1.29 is 4.74 Å². The minimum Gasteiger partial charge on any atom is -0.383 e. The Balaban J connectivity index is 1.94. The molecule has 0 spiro atoms. The largest absolute Gasteiger partial charge is 0.383 e. The topological polar surface area (TPSA) is 24.5 Å². The number of hydrogen-bond donors (Lipinski definition) is 1. The van der Waals surface area contributed by atoms with E-state index in [9.17, 15) is 0 Å². The van der Waals surface area contributed by atoms with Gasteiger partial charge in [0.2, 0.25) is 0 Å². The van der Waals surface area contributed by atoms with Crippen LogP contribution in [0, 0.1) is 6.92 Å². The molecule has 1 aromatic rings. The summed E-state index contributed by atoms with van der Waals surface area (Å²) in [5, 5.41) is 4.20. The van der Waals surface area contributed by atoms with Crippen LogP contribution >= 0.6 is 11.8 Å². The van der Waals surface area contributed by atoms with Crippen molar-refractivity contribution in [1.29, 1.82) is 0 Å². The van der Waals surface area contributed by atoms with Crippen LogP contribution in [-0.2, 0) is 11.3 Å². The Bertz CT molecular complexity index is 439. The molecule has 1 fully saturated rings. The van der Waals surface area contributed by atoms with Crippen LogP contribution in [0.15, 0.2) is 18.2 Å². The second kappa shape index (κ2) is 8.66. The first-order valence-electron chi connectivity index (χ1n) is 7.90. The lowest BCUT2D eigenvalue weighted by Gasteiger charge is -2.34. The van der Waals surface area contributed by atoms with Gasteiger partial charge in [0.15, 0.2) is 0 Å². The third kappa shape index (κ3) is 4.90. The van der Waals surface area contributed by atoms with Crippen molar-refractivity contribution in [2.24, 2.45) is 0 Å². The highest BCUT2D eigenvalue weighted by Crippen LogP contribution is 2.27. The quantitative estimate of drug-likeness (QED) is 0.783. The van der Waals surface area contributed by atoms with Gasteiger partial charge in [0.1, 0.15) is 0 Å². The number of anilines is 1. The normalized spacial score (nSPS) is 19.0. The summed E-state index contributed by atoms with van der Waals surface area (Å²) in [6, 6.07) is 6.90. The predicted octanol–water partition coefficient (Wildman–Crippen LogP) is 3.06. The molecule has 1 N–H and O–H groups in total. The highest BCUT2D eigenvalue weighted by atomic mass is 32.2. The minimum atomic E-state index is 0.765. The van der Waals surface area contributed by atoms with E-state index in [-0.39, 0.29) is 0 Å². The highest BCUT2D eigenvalue weighted by molar-refractivity contribution is 8.00. The van der Waals surface area contributed by atoms with Crippen LogP contribution in [-0.4, -0.2) is 44.4 Å². The fourth-order valence-corrected chi connectivity index (χ4v) is 3.85. The van der Waals surface area contributed by atoms with Gasteiger partial charge in [0.25, 0.3) is 0 Å². The number of aryl methyl sites for hydroxylation is 1. The zero-order chi connectivity index (χ0) is 15.1. The van der Waals surface area contributed by atoms with Crippen LogP contribution in [0.5, 0.6) is 0 Å². The van der Waals surface area contributed by atoms with Crippen molar-refractivity contribution in [3.8, 4) is 0 Å². The van der Waals surface area contributed by atoms with Crippen molar-refractivity contribution in [3.63, 3.8) is 0 Å². The number of rotatable bonds is 7. The zero-order valence-electron chi connectivity index (χ0n) is 13.5. The Labute approximate surface area is 133 Å². The highest BCUT2D eigenvalue weighted by Gasteiger charge is 2.19. The van der Waals surface area contributed by atoms with Crippen LogP contribution in [0.4, 0.5) is 5.69 Å². The van der Waals surface area contributed by atoms with Gasteiger partial charge in [-0.3, -0.25) is 0 Å². The number of nitrogens with one attached hydrogen (secondary N) is 1. The molecule has 21 heavy (non-hydrogen) atoms. The number of thioether (sulfide) groups is 1. The minimum absolute atomic E-state index is 0.765. The first-order valence-corrected chi connectivity index (χ1v) is 8.95. The van der Waals surface area contributed by atoms with Crippen LogP contribution in [0.25, 0.3) is 0 Å². The lowest BCUT2D eigenvalue weighted by atomic mass is 10.1. The fourth-order valence-electron chi connectivity index (χ4n) is 2.67. The van der Waals surface area contributed by atoms with Gasteiger partial charge in [-0.15, -0.1) is 0 Å². The predicted molar refractivity (Wildman–Crippen MR) is 93.5 cm³/mol. The molecule has 0 bridgehead atoms. The molecule has 2 rings (SSSR count). The molecule has 0 amide bonds. The van der Waals surface area contributed by atoms with E-state index in [1.165, 1.54) is 42.1 Å². The summed E-state index contributed by atoms with van der Waals surface area (Å²) in [5.41, 5.74) is 4.14. The molecule has 1 saturated heterocycles. The number of ether oxygens (including phenoxy) is 1. The van der Waals surface area contributed by atoms with Gasteiger partial charge in [-0.1, -0.05) is 13.0 Å². The summed E-state index contributed by atoms with van der Waals surface area (Å²) in [6.45, 7) is 9.45. The molecule has 0 saturated carbocycles. The van der Waals surface area contributed by atoms with E-state index in [2.05, 4.69) is 54.0 Å². The van der Waals surface area contributed by atoms with E-state index in [1.54, 1.807) is 7.11 Å². The van der Waals surface area contributed by atoms with Gasteiger partial charge in [-0.05, 0) is 36.6 Å². The molecule has 3 nitrogen and oxygen atoms in total. The summed E-state index contributed by atoms with van der Waals surface area (Å²) < 4.78 is 5.06. The van der Waals surface area contributed by atoms with Crippen molar-refractivity contribution in [2.45, 2.75) is 32.1 Å². The molecule has 0 radical (unpaired) electrons. The van der Waals surface area contributed by atoms with E-state index >= 15 is 0 Å². The first kappa shape index (κ1) is 16.7. The second-order valence-electron chi connectivity index (χ2n) is 5.63. The first-order chi connectivity index (χ1) is 10.2. The molecule has 1 unspecified atom stereocenters. The Morgan fingerprint density at radius 1 is 1.43 bits per heavy atom. The molecule has 1 aromatic carbocycles. The van der Waals surface area contributed by atoms with E-state index in [0.29, 0.717) is 0 Å². The molecule has 4 heteroatoms. The Morgan fingerprint density at radius 2 is 2.29 bits per heavy atom. The molecule has 1 heterocycles. The molecule has 1 aliphatic rings. The third-order valence-electron chi connectivity index (χ3n) is 4.08. The van der Waals surface area contributed by atoms with Crippen molar-refractivity contribution in [1.82, 2.24) is 5.32 Å². The summed E-state index contributed by atoms with van der Waals surface area (Å²) in [6.07, 6.45) is 1.27. The van der Waals surface area contributed by atoms with Gasteiger partial charge in [0.05, 0.1) is 6.61 Å². The lowest BCUT2D eigenvalue weighted by Crippen LogP contribution is -2.37. The average molecular weight is 308 g/mol. The number of benzene rings is 1. The van der Waals surface area contributed by atoms with Gasteiger partial charge >= 0.3 is 0 Å². The maximum atomic E-state index is 5.06. The van der Waals surface area contributed by atoms with Crippen LogP contribution < -0.4 is 10.2 Å². The van der Waals surface area contributed by atoms with Crippen molar-refractivity contribution in [3.05, 3.63) is 29.3 Å². The van der Waals surface area contributed by atoms with Gasteiger partial charge < -0.3 is 15.0 Å². The zero-order valence-corrected chi connectivity index (χ0v) is 14.3. The number of nitrogens with zero attached hydrogens (tertiary/aromatic N) is 1. The van der Waals surface area contributed by atoms with Gasteiger partial charge in [-0.25, -0.2) is 0 Å². The molecular weight excluding hydrogens is 280 g/mol. The van der Waals surface area contributed by atoms with Crippen molar-refractivity contribution in [2.75, 3.05) is 44.0 Å². The van der Waals surface area contributed by atoms with Crippen LogP contribution in [0.1, 0.15) is 24.5 Å². The fraction of sp³-hybridized carbons (Fsp3) is 0.647. The molecule has 1 atom stereocenters. The Hall–Kier alpha value is -0.710. The smallest absolute Gasteiger partial charge is 0.0587 e. The number of methoxy groups -OCH3 is 1. The Kier molecular flexibility index (Phi) is 6.87. The molecule has 0 aromatic heterocycles. The average Bonchev–Trinajstić information content (AvgIpc) is 2.53. The summed E-state index contributed by atoms with van der Waals surface area (Å²) in [5.74, 6) is 1.25. The third-order valence-corrected chi connectivity index (χ3v) is 5.46. The van der Waals surface area contributed by atoms with Crippen LogP contribution in [0.2, 0.25) is 0 Å². The van der Waals surface area contributed by atoms with E-state index < -0.39 is 0 Å². The molecular formula is C17H28N2OS. The molecule has 1 aliphatic heterocycles. The maximum absolute atomic E-state index is 5.06. The van der Waals surface area contributed by atoms with Crippen molar-refractivity contribution >= 4 is 17.4 Å². The standard InChI is InChI=1S/C17H28N2OS/c1-4-17-13-19(8-10-21-17)16-6-5-15(14(2)11-16)12-18-7-9-20-3/h5-6,11,17-18H,4,7-10,12-13H2,1-3H3. The molecule has 118 valence electrons. The Morgan fingerprint density at radius 3 is 3.00 bits per heavy atom. The number of hydrogen-bond acceptors (Lipinski definition) is 4. The second-order valence-corrected chi connectivity index (χ2v) is 7.04. The van der Waals surface area contributed by atoms with E-state index in [1.807, 2.05) is 0 Å². The maximum Gasteiger partial charge on any atom is 0.0587 e. The van der Waals surface area contributed by atoms with Gasteiger partial charge in [0, 0.05) is 50.0 Å². The SMILES string of the molecule is CCC1CN(c2ccc(CNCCOC)c(C)c2)CCS1. The van der Waals surface area contributed by atoms with Crippen LogP contribution in [0.3, 0.4) is 0 Å². The van der Waals surface area contributed by atoms with E-state index in [0.717, 1.165) is 24.9 Å². The van der Waals surface area contributed by atoms with E-state index in [4.69, 9.17) is 4.74 Å².